The van der Waals surface area contributed by atoms with Crippen LogP contribution in [0.5, 0.6) is 0 Å². The molecule has 4 rings (SSSR count). The minimum absolute atomic E-state index is 0.178. The zero-order valence-corrected chi connectivity index (χ0v) is 18.3. The van der Waals surface area contributed by atoms with E-state index in [-0.39, 0.29) is 17.3 Å². The number of benzene rings is 2. The Morgan fingerprint density at radius 3 is 2.76 bits per heavy atom. The number of fused-ring (bicyclic) bond motifs is 1. The van der Waals surface area contributed by atoms with E-state index in [4.69, 9.17) is 0 Å². The molecule has 1 aliphatic heterocycles. The number of amides is 1. The zero-order chi connectivity index (χ0) is 20.4. The van der Waals surface area contributed by atoms with Crippen LogP contribution < -0.4 is 5.32 Å². The summed E-state index contributed by atoms with van der Waals surface area (Å²) in [5.41, 5.74) is 0.886. The predicted molar refractivity (Wildman–Crippen MR) is 118 cm³/mol. The molecule has 1 aliphatic rings. The van der Waals surface area contributed by atoms with Crippen LogP contribution in [-0.4, -0.2) is 43.0 Å². The molecule has 152 valence electrons. The highest BCUT2D eigenvalue weighted by molar-refractivity contribution is 7.98. The average molecular weight is 448 g/mol. The summed E-state index contributed by atoms with van der Waals surface area (Å²) in [6, 6.07) is 14.3. The summed E-state index contributed by atoms with van der Waals surface area (Å²) in [5.74, 6) is -0.572. The standard InChI is InChI=1S/C20H21N3O3S3/c1-27-16-10-5-11-17-18(16)21-20(28-17)22-19(24)14-7-6-12-23(13-14)29(25,26)15-8-3-2-4-9-15/h2-5,8-11,14H,6-7,12-13H2,1H3,(H,21,22,24). The first-order valence-electron chi connectivity index (χ1n) is 9.28. The number of carbonyl (C=O) groups excluding carboxylic acids is 1. The molecule has 1 fully saturated rings. The third-order valence-corrected chi connectivity index (χ3v) is 8.55. The van der Waals surface area contributed by atoms with Crippen molar-refractivity contribution in [3.05, 3.63) is 48.5 Å². The van der Waals surface area contributed by atoms with Crippen LogP contribution in [0.2, 0.25) is 0 Å². The van der Waals surface area contributed by atoms with Gasteiger partial charge in [0.2, 0.25) is 15.9 Å². The number of hydrogen-bond donors (Lipinski definition) is 1. The van der Waals surface area contributed by atoms with E-state index in [0.717, 1.165) is 15.1 Å². The summed E-state index contributed by atoms with van der Waals surface area (Å²) in [4.78, 5) is 18.7. The fourth-order valence-corrected chi connectivity index (χ4v) is 6.53. The minimum Gasteiger partial charge on any atom is -0.302 e. The Kier molecular flexibility index (Phi) is 5.91. The van der Waals surface area contributed by atoms with Gasteiger partial charge in [0.25, 0.3) is 0 Å². The Bertz CT molecular complexity index is 1130. The number of anilines is 1. The molecule has 0 spiro atoms. The number of nitrogens with zero attached hydrogens (tertiary/aromatic N) is 2. The van der Waals surface area contributed by atoms with Crippen LogP contribution in [0.25, 0.3) is 10.2 Å². The van der Waals surface area contributed by atoms with E-state index in [2.05, 4.69) is 10.3 Å². The van der Waals surface area contributed by atoms with Crippen LogP contribution in [0.3, 0.4) is 0 Å². The van der Waals surface area contributed by atoms with Crippen molar-refractivity contribution >= 4 is 54.4 Å². The van der Waals surface area contributed by atoms with Gasteiger partial charge < -0.3 is 5.32 Å². The quantitative estimate of drug-likeness (QED) is 0.597. The molecule has 0 saturated carbocycles. The topological polar surface area (TPSA) is 79.4 Å². The maximum absolute atomic E-state index is 12.9. The average Bonchev–Trinajstić information content (AvgIpc) is 3.17. The van der Waals surface area contributed by atoms with Gasteiger partial charge in [-0.2, -0.15) is 4.31 Å². The molecule has 2 aromatic carbocycles. The van der Waals surface area contributed by atoms with Crippen molar-refractivity contribution in [3.8, 4) is 0 Å². The first-order valence-corrected chi connectivity index (χ1v) is 12.8. The third kappa shape index (κ3) is 4.18. The molecule has 1 atom stereocenters. The van der Waals surface area contributed by atoms with Gasteiger partial charge in [-0.3, -0.25) is 4.79 Å². The van der Waals surface area contributed by atoms with Crippen LogP contribution in [-0.2, 0) is 14.8 Å². The van der Waals surface area contributed by atoms with Crippen LogP contribution in [0.1, 0.15) is 12.8 Å². The number of piperidine rings is 1. The summed E-state index contributed by atoms with van der Waals surface area (Å²) in [6.45, 7) is 0.614. The first-order chi connectivity index (χ1) is 14.0. The van der Waals surface area contributed by atoms with Crippen molar-refractivity contribution in [3.63, 3.8) is 0 Å². The molecular formula is C20H21N3O3S3. The van der Waals surface area contributed by atoms with E-state index in [0.29, 0.717) is 24.5 Å². The van der Waals surface area contributed by atoms with Gasteiger partial charge in [0, 0.05) is 18.0 Å². The minimum atomic E-state index is -3.59. The largest absolute Gasteiger partial charge is 0.302 e. The van der Waals surface area contributed by atoms with Crippen molar-refractivity contribution < 1.29 is 13.2 Å². The molecule has 9 heteroatoms. The van der Waals surface area contributed by atoms with Crippen molar-refractivity contribution in [2.24, 2.45) is 5.92 Å². The lowest BCUT2D eigenvalue weighted by atomic mass is 9.99. The molecule has 0 aliphatic carbocycles. The van der Waals surface area contributed by atoms with E-state index in [9.17, 15) is 13.2 Å². The molecule has 3 aromatic rings. The van der Waals surface area contributed by atoms with Gasteiger partial charge >= 0.3 is 0 Å². The first kappa shape index (κ1) is 20.3. The number of thiazole rings is 1. The molecule has 29 heavy (non-hydrogen) atoms. The highest BCUT2D eigenvalue weighted by Gasteiger charge is 2.33. The number of carbonyl (C=O) groups is 1. The SMILES string of the molecule is CSc1cccc2sc(NC(=O)C3CCCN(S(=O)(=O)c4ccccc4)C3)nc12. The summed E-state index contributed by atoms with van der Waals surface area (Å²) in [7, 11) is -3.59. The second kappa shape index (κ2) is 8.43. The zero-order valence-electron chi connectivity index (χ0n) is 15.9. The lowest BCUT2D eigenvalue weighted by molar-refractivity contribution is -0.120. The van der Waals surface area contributed by atoms with Crippen molar-refractivity contribution in [2.75, 3.05) is 24.7 Å². The van der Waals surface area contributed by atoms with Crippen LogP contribution >= 0.6 is 23.1 Å². The number of sulfonamides is 1. The Hall–Kier alpha value is -1.94. The Balaban J connectivity index is 1.49. The molecule has 2 heterocycles. The predicted octanol–water partition coefficient (Wildman–Crippen LogP) is 4.06. The van der Waals surface area contributed by atoms with Crippen LogP contribution in [0.4, 0.5) is 5.13 Å². The third-order valence-electron chi connectivity index (χ3n) is 4.97. The number of thioether (sulfide) groups is 1. The van der Waals surface area contributed by atoms with Gasteiger partial charge in [-0.05, 0) is 43.4 Å². The maximum atomic E-state index is 12.9. The van der Waals surface area contributed by atoms with Gasteiger partial charge in [-0.1, -0.05) is 35.6 Å². The Labute approximate surface area is 178 Å². The number of rotatable bonds is 5. The molecular weight excluding hydrogens is 426 g/mol. The molecule has 1 aromatic heterocycles. The van der Waals surface area contributed by atoms with Crippen LogP contribution in [0.15, 0.2) is 58.3 Å². The highest BCUT2D eigenvalue weighted by Crippen LogP contribution is 2.33. The summed E-state index contributed by atoms with van der Waals surface area (Å²) < 4.78 is 28.2. The molecule has 6 nitrogen and oxygen atoms in total. The fourth-order valence-electron chi connectivity index (χ4n) is 3.47. The van der Waals surface area contributed by atoms with Gasteiger partial charge in [0.1, 0.15) is 0 Å². The molecule has 0 bridgehead atoms. The second-order valence-corrected chi connectivity index (χ2v) is 10.6. The number of hydrogen-bond acceptors (Lipinski definition) is 6. The lowest BCUT2D eigenvalue weighted by Gasteiger charge is -2.31. The van der Waals surface area contributed by atoms with Crippen molar-refractivity contribution in [2.45, 2.75) is 22.6 Å². The monoisotopic (exact) mass is 447 g/mol. The normalized spacial score (nSPS) is 18.0. The van der Waals surface area contributed by atoms with Gasteiger partial charge in [0.15, 0.2) is 5.13 Å². The number of nitrogens with one attached hydrogen (secondary N) is 1. The molecule has 1 amide bonds. The molecule has 1 saturated heterocycles. The van der Waals surface area contributed by atoms with E-state index < -0.39 is 15.9 Å². The maximum Gasteiger partial charge on any atom is 0.243 e. The van der Waals surface area contributed by atoms with Crippen molar-refractivity contribution in [1.29, 1.82) is 0 Å². The molecule has 1 unspecified atom stereocenters. The van der Waals surface area contributed by atoms with E-state index >= 15 is 0 Å². The van der Waals surface area contributed by atoms with Gasteiger partial charge in [0.05, 0.1) is 21.0 Å². The highest BCUT2D eigenvalue weighted by atomic mass is 32.2. The van der Waals surface area contributed by atoms with Gasteiger partial charge in [-0.25, -0.2) is 13.4 Å². The van der Waals surface area contributed by atoms with E-state index in [1.54, 1.807) is 42.1 Å². The summed E-state index contributed by atoms with van der Waals surface area (Å²) >= 11 is 3.05. The second-order valence-electron chi connectivity index (χ2n) is 6.83. The van der Waals surface area contributed by atoms with Crippen LogP contribution in [0, 0.1) is 5.92 Å². The fraction of sp³-hybridized carbons (Fsp3) is 0.300. The summed E-state index contributed by atoms with van der Waals surface area (Å²) in [5, 5.41) is 3.45. The number of para-hydroxylation sites is 1. The number of aromatic nitrogens is 1. The van der Waals surface area contributed by atoms with E-state index in [1.165, 1.54) is 15.6 Å². The van der Waals surface area contributed by atoms with Gasteiger partial charge in [-0.15, -0.1) is 11.8 Å². The Morgan fingerprint density at radius 2 is 2.00 bits per heavy atom. The molecule has 1 N–H and O–H groups in total. The lowest BCUT2D eigenvalue weighted by Crippen LogP contribution is -2.43. The van der Waals surface area contributed by atoms with Crippen molar-refractivity contribution in [1.82, 2.24) is 9.29 Å². The summed E-state index contributed by atoms with van der Waals surface area (Å²) in [6.07, 6.45) is 3.31. The van der Waals surface area contributed by atoms with E-state index in [1.807, 2.05) is 24.5 Å². The smallest absolute Gasteiger partial charge is 0.243 e. The molecule has 0 radical (unpaired) electrons. The Morgan fingerprint density at radius 1 is 1.21 bits per heavy atom.